The number of aromatic nitrogens is 21. The molecule has 0 spiro atoms. The monoisotopic (exact) mass is 1420 g/mol. The van der Waals surface area contributed by atoms with Crippen molar-refractivity contribution in [3.8, 4) is 0 Å². The van der Waals surface area contributed by atoms with Crippen molar-refractivity contribution in [3.63, 3.8) is 0 Å². The average Bonchev–Trinajstić information content (AvgIpc) is 1.51. The Kier molecular flexibility index (Phi) is 14.6. The molecule has 6 unspecified atom stereocenters. The van der Waals surface area contributed by atoms with Crippen molar-refractivity contribution in [2.75, 3.05) is 44.4 Å². The van der Waals surface area contributed by atoms with Gasteiger partial charge in [0.2, 0.25) is 17.8 Å². The largest absolute Gasteiger partial charge is 0.353 e. The van der Waals surface area contributed by atoms with Crippen molar-refractivity contribution in [1.29, 1.82) is 0 Å². The van der Waals surface area contributed by atoms with Gasteiger partial charge in [-0.15, -0.1) is 0 Å². The number of fused-ring (bicyclic) bond motifs is 6. The molecule has 0 aromatic carbocycles. The Hall–Kier alpha value is -10.2. The molecule has 12 saturated carbocycles. The Morgan fingerprint density at radius 1 is 0.400 bits per heavy atom. The van der Waals surface area contributed by atoms with Gasteiger partial charge in [0.25, 0.3) is 0 Å². The van der Waals surface area contributed by atoms with E-state index in [0.717, 1.165) is 158 Å². The van der Waals surface area contributed by atoms with Crippen LogP contribution in [0.5, 0.6) is 0 Å². The molecule has 12 aromatic rings. The van der Waals surface area contributed by atoms with Gasteiger partial charge < -0.3 is 34.9 Å². The molecule has 105 heavy (non-hydrogen) atoms. The fourth-order valence-corrected chi connectivity index (χ4v) is 22.2. The Morgan fingerprint density at radius 2 is 0.695 bits per heavy atom. The Balaban J connectivity index is 0.000000108. The van der Waals surface area contributed by atoms with Gasteiger partial charge in [0.15, 0.2) is 45.5 Å². The second-order valence-corrected chi connectivity index (χ2v) is 31.8. The van der Waals surface area contributed by atoms with Crippen LogP contribution >= 0.6 is 0 Å². The number of nitrogens with one attached hydrogen (secondary N) is 3. The minimum absolute atomic E-state index is 0.0425. The van der Waals surface area contributed by atoms with Crippen LogP contribution < -0.4 is 33.0 Å². The first-order chi connectivity index (χ1) is 50.7. The zero-order valence-electron chi connectivity index (χ0n) is 60.4. The first-order valence-electron chi connectivity index (χ1n) is 36.5. The Labute approximate surface area is 600 Å². The molecular formula is C73H84N24O8. The number of carbonyl (C=O) groups excluding carboxylic acids is 1. The van der Waals surface area contributed by atoms with Crippen LogP contribution in [-0.4, -0.2) is 147 Å². The zero-order chi connectivity index (χ0) is 72.1. The molecule has 3 N–H and O–H groups in total. The van der Waals surface area contributed by atoms with Crippen LogP contribution in [0, 0.1) is 74.0 Å². The van der Waals surface area contributed by atoms with Crippen molar-refractivity contribution in [3.05, 3.63) is 123 Å². The van der Waals surface area contributed by atoms with E-state index in [0.29, 0.717) is 63.8 Å². The van der Waals surface area contributed by atoms with Gasteiger partial charge in [0, 0.05) is 85.1 Å². The number of hydrogen-bond acceptors (Lipinski definition) is 23. The van der Waals surface area contributed by atoms with Gasteiger partial charge in [0.1, 0.15) is 41.3 Å². The topological polar surface area (TPSA) is 339 Å². The normalized spacial score (nSPS) is 28.4. The summed E-state index contributed by atoms with van der Waals surface area (Å²) < 4.78 is 40.0. The molecule has 12 fully saturated rings. The van der Waals surface area contributed by atoms with Crippen molar-refractivity contribution < 1.29 is 23.7 Å². The molecule has 12 bridgehead atoms. The summed E-state index contributed by atoms with van der Waals surface area (Å²) in [5.41, 5.74) is 10.8. The summed E-state index contributed by atoms with van der Waals surface area (Å²) in [6.07, 6.45) is 29.4. The highest BCUT2D eigenvalue weighted by Crippen LogP contribution is 2.66. The molecule has 12 aliphatic rings. The van der Waals surface area contributed by atoms with Gasteiger partial charge in [-0.05, 0) is 170 Å². The zero-order valence-corrected chi connectivity index (χ0v) is 60.4. The van der Waals surface area contributed by atoms with Crippen molar-refractivity contribution in [2.45, 2.75) is 145 Å². The number of ketones is 1. The van der Waals surface area contributed by atoms with Gasteiger partial charge >= 0.3 is 17.1 Å². The van der Waals surface area contributed by atoms with Crippen molar-refractivity contribution in [1.82, 2.24) is 101 Å². The lowest BCUT2D eigenvalue weighted by Crippen LogP contribution is -2.66. The quantitative estimate of drug-likeness (QED) is 0.0925. The maximum atomic E-state index is 13.7. The maximum Gasteiger partial charge on any atom is 0.330 e. The van der Waals surface area contributed by atoms with Crippen molar-refractivity contribution >= 4 is 91.1 Å². The minimum atomic E-state index is -0.562. The minimum Gasteiger partial charge on any atom is -0.353 e. The molecule has 12 aromatic heterocycles. The number of imidazole rings is 3. The van der Waals surface area contributed by atoms with Crippen LogP contribution in [0.4, 0.5) is 34.9 Å². The highest BCUT2D eigenvalue weighted by Gasteiger charge is 2.66. The van der Waals surface area contributed by atoms with E-state index in [1.165, 1.54) is 19.0 Å². The number of pyridine rings is 3. The molecule has 24 rings (SSSR count). The summed E-state index contributed by atoms with van der Waals surface area (Å²) in [5.74, 6) is 3.36. The lowest BCUT2D eigenvalue weighted by molar-refractivity contribution is -0.328. The number of methoxy groups -OCH3 is 4. The summed E-state index contributed by atoms with van der Waals surface area (Å²) in [5, 5.41) is 22.6. The Morgan fingerprint density at radius 3 is 1.00 bits per heavy atom. The third-order valence-corrected chi connectivity index (χ3v) is 26.3. The number of ether oxygens (including phenoxy) is 4. The first kappa shape index (κ1) is 65.6. The predicted molar refractivity (Wildman–Crippen MR) is 384 cm³/mol. The number of carbonyl (C=O) groups is 1. The fraction of sp³-hybridized carbons (Fsp3) is 0.534. The predicted octanol–water partition coefficient (Wildman–Crippen LogP) is 7.83. The molecule has 544 valence electrons. The standard InChI is InChI=1S/2C25H30N8O3.C23H24N8O2/c2*1-14-5-20-27-13-28-32(20)12-18(14)29-22-26-11-19-21(30-22)33(23(34)31(19)2)24-8-15-6-16(9-24)25(35-3,36-4)17(7-15)10-24;1-12-3-18-25-11-26-30(18)10-16(12)27-21-24-9-17-20(28-21)31(22(33)29(17)2)23-6-13-4-14(7-23)19(32)15(5-13)8-23/h2*5,11-13,15-17H,6-10H2,1-4H3,(H,26,29,30);3,9-11,13-15H,4-8H2,1-2H3,(H,24,27,28). The van der Waals surface area contributed by atoms with E-state index in [1.807, 2.05) is 71.3 Å². The van der Waals surface area contributed by atoms with E-state index in [9.17, 15) is 19.2 Å². The molecule has 6 atom stereocenters. The number of Topliss-reactive ketones (excluding diaryl/α,β-unsaturated/α-hetero) is 1. The second kappa shape index (κ2) is 23.4. The van der Waals surface area contributed by atoms with E-state index in [1.54, 1.807) is 95.4 Å². The molecule has 32 heteroatoms. The van der Waals surface area contributed by atoms with E-state index in [2.05, 4.69) is 61.2 Å². The molecule has 0 saturated heterocycles. The van der Waals surface area contributed by atoms with Gasteiger partial charge in [-0.3, -0.25) is 32.2 Å². The molecule has 32 nitrogen and oxygen atoms in total. The molecule has 12 heterocycles. The van der Waals surface area contributed by atoms with Crippen LogP contribution in [-0.2, 0) is 61.5 Å². The number of hydrogen-bond donors (Lipinski definition) is 3. The molecule has 0 amide bonds. The van der Waals surface area contributed by atoms with Crippen LogP contribution in [0.3, 0.4) is 0 Å². The fourth-order valence-electron chi connectivity index (χ4n) is 22.2. The lowest BCUT2D eigenvalue weighted by atomic mass is 9.50. The summed E-state index contributed by atoms with van der Waals surface area (Å²) >= 11 is 0. The molecule has 12 aliphatic carbocycles. The van der Waals surface area contributed by atoms with Gasteiger partial charge in [-0.25, -0.2) is 57.8 Å². The van der Waals surface area contributed by atoms with Crippen molar-refractivity contribution in [2.24, 2.45) is 74.4 Å². The first-order valence-corrected chi connectivity index (χ1v) is 36.5. The van der Waals surface area contributed by atoms with E-state index in [4.69, 9.17) is 33.9 Å². The van der Waals surface area contributed by atoms with Crippen LogP contribution in [0.1, 0.15) is 113 Å². The summed E-state index contributed by atoms with van der Waals surface area (Å²) in [6, 6.07) is 5.86. The molecule has 0 radical (unpaired) electrons. The summed E-state index contributed by atoms with van der Waals surface area (Å²) in [6.45, 7) is 5.99. The highest BCUT2D eigenvalue weighted by molar-refractivity contribution is 5.86. The maximum absolute atomic E-state index is 13.7. The average molecular weight is 1430 g/mol. The van der Waals surface area contributed by atoms with Gasteiger partial charge in [-0.2, -0.15) is 30.2 Å². The summed E-state index contributed by atoms with van der Waals surface area (Å²) in [7, 11) is 12.4. The molecular weight excluding hydrogens is 1340 g/mol. The Bertz CT molecular complexity index is 5480. The van der Waals surface area contributed by atoms with Gasteiger partial charge in [-0.1, -0.05) is 0 Å². The van der Waals surface area contributed by atoms with E-state index < -0.39 is 11.6 Å². The number of aryl methyl sites for hydroxylation is 6. The number of nitrogens with zero attached hydrogens (tertiary/aromatic N) is 21. The van der Waals surface area contributed by atoms with E-state index in [-0.39, 0.29) is 69.2 Å². The third kappa shape index (κ3) is 9.68. The number of anilines is 6. The lowest BCUT2D eigenvalue weighted by Gasteiger charge is -2.63. The van der Waals surface area contributed by atoms with E-state index >= 15 is 0 Å². The third-order valence-electron chi connectivity index (χ3n) is 26.3. The van der Waals surface area contributed by atoms with Crippen LogP contribution in [0.25, 0.3) is 50.4 Å². The smallest absolute Gasteiger partial charge is 0.330 e. The van der Waals surface area contributed by atoms with Gasteiger partial charge in [0.05, 0.1) is 70.9 Å². The summed E-state index contributed by atoms with van der Waals surface area (Å²) in [4.78, 5) is 94.5. The van der Waals surface area contributed by atoms with Crippen LogP contribution in [0.15, 0.2) is 88.7 Å². The van der Waals surface area contributed by atoms with Crippen LogP contribution in [0.2, 0.25) is 0 Å². The second-order valence-electron chi connectivity index (χ2n) is 31.8. The highest BCUT2D eigenvalue weighted by atomic mass is 16.7. The molecule has 0 aliphatic heterocycles. The SMILES string of the molecule is COC1(OC)C2CC3CC1CC(n1c(=O)n(C)c4cnc(Nc5cn6ncnc6cc5C)nc41)(C3)C2.COC1(OC)C2CC3CC1CC(n1c(=O)n(C)c4cnc(Nc5cn6ncnc6cc5C)nc41)(C3)C2.Cc1cc2ncnn2cc1Nc1ncc2c(n1)n(C13CC4CC(C1)C(=O)C(C4)C3)c(=O)n2C. The number of rotatable bonds is 13.